The summed E-state index contributed by atoms with van der Waals surface area (Å²) in [7, 11) is 0. The molecule has 0 aromatic rings. The van der Waals surface area contributed by atoms with Crippen LogP contribution in [-0.4, -0.2) is 0 Å². The molecule has 0 heterocycles. The first kappa shape index (κ1) is 30.0. The third kappa shape index (κ3) is 7.60. The fraction of sp³-hybridized carbons (Fsp3) is 1.00. The molecule has 5 aliphatic carbocycles. The maximum Gasteiger partial charge on any atom is -0.0324 e. The minimum absolute atomic E-state index is 1.00. The van der Waals surface area contributed by atoms with Crippen molar-refractivity contribution in [2.24, 2.45) is 71.0 Å². The van der Waals surface area contributed by atoms with Gasteiger partial charge in [0.25, 0.3) is 0 Å². The van der Waals surface area contributed by atoms with Gasteiger partial charge in [0, 0.05) is 0 Å². The van der Waals surface area contributed by atoms with Gasteiger partial charge in [-0.05, 0) is 129 Å². The zero-order valence-corrected chi connectivity index (χ0v) is 26.4. The normalized spacial score (nSPS) is 46.2. The first-order valence-corrected chi connectivity index (χ1v) is 17.9. The van der Waals surface area contributed by atoms with Crippen molar-refractivity contribution < 1.29 is 0 Å². The third-order valence-electron chi connectivity index (χ3n) is 13.3. The van der Waals surface area contributed by atoms with Gasteiger partial charge in [0.1, 0.15) is 0 Å². The summed E-state index contributed by atoms with van der Waals surface area (Å²) in [5, 5.41) is 0. The van der Waals surface area contributed by atoms with Gasteiger partial charge >= 0.3 is 0 Å². The highest BCUT2D eigenvalue weighted by atomic mass is 14.5. The SMILES string of the molecule is CCC1CC(C2CCC(C)C2)CCC1C.CCCCC1C(C)CC2CCCC2C1C1CCC(CC)CC1. The Kier molecular flexibility index (Phi) is 11.8. The summed E-state index contributed by atoms with van der Waals surface area (Å²) < 4.78 is 0. The molecule has 0 spiro atoms. The lowest BCUT2D eigenvalue weighted by atomic mass is 9.56. The van der Waals surface area contributed by atoms with Crippen LogP contribution in [0.25, 0.3) is 0 Å². The van der Waals surface area contributed by atoms with Crippen LogP contribution in [0.1, 0.15) is 164 Å². The number of rotatable bonds is 7. The van der Waals surface area contributed by atoms with Crippen molar-refractivity contribution in [1.29, 1.82) is 0 Å². The van der Waals surface area contributed by atoms with Gasteiger partial charge in [-0.25, -0.2) is 0 Å². The second kappa shape index (κ2) is 14.6. The molecule has 5 rings (SSSR count). The average Bonchev–Trinajstić information content (AvgIpc) is 3.56. The maximum atomic E-state index is 2.61. The molecule has 5 aliphatic rings. The maximum absolute atomic E-state index is 2.61. The summed E-state index contributed by atoms with van der Waals surface area (Å²) in [4.78, 5) is 0. The minimum atomic E-state index is 1.00. The van der Waals surface area contributed by atoms with Gasteiger partial charge in [-0.15, -0.1) is 0 Å². The number of unbranched alkanes of at least 4 members (excludes halogenated alkanes) is 1. The minimum Gasteiger partial charge on any atom is -0.0654 e. The fourth-order valence-electron chi connectivity index (χ4n) is 10.9. The molecular formula is C37H68. The highest BCUT2D eigenvalue weighted by Gasteiger charge is 2.47. The molecule has 5 saturated carbocycles. The fourth-order valence-corrected chi connectivity index (χ4v) is 10.9. The number of fused-ring (bicyclic) bond motifs is 1. The lowest BCUT2D eigenvalue weighted by Crippen LogP contribution is -2.42. The molecule has 0 aliphatic heterocycles. The van der Waals surface area contributed by atoms with E-state index in [0.29, 0.717) is 0 Å². The summed E-state index contributed by atoms with van der Waals surface area (Å²) in [6.45, 7) is 14.7. The molecule has 0 amide bonds. The van der Waals surface area contributed by atoms with E-state index in [1.165, 1.54) is 57.8 Å². The molecule has 0 N–H and O–H groups in total. The van der Waals surface area contributed by atoms with Crippen LogP contribution in [0.2, 0.25) is 0 Å². The molecule has 10 atom stereocenters. The van der Waals surface area contributed by atoms with Crippen LogP contribution >= 0.6 is 0 Å². The van der Waals surface area contributed by atoms with Gasteiger partial charge < -0.3 is 0 Å². The van der Waals surface area contributed by atoms with Crippen LogP contribution < -0.4 is 0 Å². The van der Waals surface area contributed by atoms with Crippen molar-refractivity contribution in [1.82, 2.24) is 0 Å². The van der Waals surface area contributed by atoms with E-state index in [-0.39, 0.29) is 0 Å². The van der Waals surface area contributed by atoms with Crippen molar-refractivity contribution in [3.63, 3.8) is 0 Å². The van der Waals surface area contributed by atoms with Crippen LogP contribution in [0, 0.1) is 71.0 Å². The summed E-state index contributed by atoms with van der Waals surface area (Å²) in [6.07, 6.45) is 28.9. The van der Waals surface area contributed by atoms with Gasteiger partial charge in [0.2, 0.25) is 0 Å². The van der Waals surface area contributed by atoms with E-state index >= 15 is 0 Å². The Morgan fingerprint density at radius 3 is 1.92 bits per heavy atom. The highest BCUT2D eigenvalue weighted by Crippen LogP contribution is 2.56. The van der Waals surface area contributed by atoms with E-state index in [9.17, 15) is 0 Å². The Labute approximate surface area is 234 Å². The Balaban J connectivity index is 0.000000186. The first-order valence-electron chi connectivity index (χ1n) is 17.9. The van der Waals surface area contributed by atoms with Crippen LogP contribution in [0.3, 0.4) is 0 Å². The van der Waals surface area contributed by atoms with Crippen molar-refractivity contribution in [3.05, 3.63) is 0 Å². The van der Waals surface area contributed by atoms with Crippen LogP contribution in [0.15, 0.2) is 0 Å². The second-order valence-electron chi connectivity index (χ2n) is 15.5. The molecule has 0 aromatic heterocycles. The summed E-state index contributed by atoms with van der Waals surface area (Å²) in [5.74, 6) is 12.9. The lowest BCUT2D eigenvalue weighted by Gasteiger charge is -2.49. The van der Waals surface area contributed by atoms with E-state index < -0.39 is 0 Å². The van der Waals surface area contributed by atoms with Crippen molar-refractivity contribution in [2.75, 3.05) is 0 Å². The van der Waals surface area contributed by atoms with Gasteiger partial charge in [-0.3, -0.25) is 0 Å². The standard InChI is InChI=1S/C22H40.C15H28/c1-4-6-9-20-16(3)15-19-8-7-10-21(19)22(20)18-13-11-17(5-2)12-14-18;1-4-13-10-15(8-6-12(13)3)14-7-5-11(2)9-14/h16-22H,4-15H2,1-3H3;11-15H,4-10H2,1-3H3. The Hall–Kier alpha value is 0. The Morgan fingerprint density at radius 2 is 1.27 bits per heavy atom. The van der Waals surface area contributed by atoms with E-state index in [0.717, 1.165) is 71.0 Å². The number of hydrogen-bond acceptors (Lipinski definition) is 0. The molecule has 0 bridgehead atoms. The first-order chi connectivity index (χ1) is 17.9. The topological polar surface area (TPSA) is 0 Å². The molecule has 10 unspecified atom stereocenters. The van der Waals surface area contributed by atoms with E-state index in [2.05, 4.69) is 41.5 Å². The van der Waals surface area contributed by atoms with E-state index in [1.54, 1.807) is 64.2 Å². The van der Waals surface area contributed by atoms with Gasteiger partial charge in [-0.1, -0.05) is 106 Å². The molecule has 0 heteroatoms. The molecule has 5 fully saturated rings. The second-order valence-corrected chi connectivity index (χ2v) is 15.5. The molecule has 216 valence electrons. The predicted octanol–water partition coefficient (Wildman–Crippen LogP) is 12.0. The monoisotopic (exact) mass is 513 g/mol. The quantitative estimate of drug-likeness (QED) is 0.318. The van der Waals surface area contributed by atoms with Crippen LogP contribution in [0.5, 0.6) is 0 Å². The largest absolute Gasteiger partial charge is 0.0654 e. The Bertz CT molecular complexity index is 628. The summed E-state index contributed by atoms with van der Waals surface area (Å²) >= 11 is 0. The third-order valence-corrected chi connectivity index (χ3v) is 13.3. The zero-order chi connectivity index (χ0) is 26.4. The van der Waals surface area contributed by atoms with Crippen LogP contribution in [-0.2, 0) is 0 Å². The smallest absolute Gasteiger partial charge is 0.0324 e. The molecule has 0 radical (unpaired) electrons. The molecular weight excluding hydrogens is 444 g/mol. The van der Waals surface area contributed by atoms with Gasteiger partial charge in [0.15, 0.2) is 0 Å². The lowest BCUT2D eigenvalue weighted by molar-refractivity contribution is -0.00258. The zero-order valence-electron chi connectivity index (χ0n) is 26.4. The van der Waals surface area contributed by atoms with Gasteiger partial charge in [0.05, 0.1) is 0 Å². The van der Waals surface area contributed by atoms with E-state index in [4.69, 9.17) is 0 Å². The molecule has 0 aromatic carbocycles. The molecule has 0 nitrogen and oxygen atoms in total. The van der Waals surface area contributed by atoms with Crippen LogP contribution in [0.4, 0.5) is 0 Å². The van der Waals surface area contributed by atoms with Crippen molar-refractivity contribution in [3.8, 4) is 0 Å². The number of hydrogen-bond donors (Lipinski definition) is 0. The van der Waals surface area contributed by atoms with Crippen molar-refractivity contribution in [2.45, 2.75) is 164 Å². The molecule has 0 saturated heterocycles. The Morgan fingerprint density at radius 1 is 0.568 bits per heavy atom. The molecule has 37 heavy (non-hydrogen) atoms. The van der Waals surface area contributed by atoms with Gasteiger partial charge in [-0.2, -0.15) is 0 Å². The predicted molar refractivity (Wildman–Crippen MR) is 164 cm³/mol. The summed E-state index contributed by atoms with van der Waals surface area (Å²) in [5.41, 5.74) is 0. The average molecular weight is 513 g/mol. The highest BCUT2D eigenvalue weighted by molar-refractivity contribution is 4.97. The van der Waals surface area contributed by atoms with E-state index in [1.807, 2.05) is 0 Å². The summed E-state index contributed by atoms with van der Waals surface area (Å²) in [6, 6.07) is 0. The van der Waals surface area contributed by atoms with Crippen molar-refractivity contribution >= 4 is 0 Å².